The highest BCUT2D eigenvalue weighted by molar-refractivity contribution is 6.39. The van der Waals surface area contributed by atoms with E-state index in [0.717, 1.165) is 4.90 Å². The van der Waals surface area contributed by atoms with Crippen LogP contribution in [0.2, 0.25) is 0 Å². The number of carbonyl (C=O) groups is 3. The van der Waals surface area contributed by atoms with E-state index in [1.807, 2.05) is 13.8 Å². The number of benzene rings is 2. The van der Waals surface area contributed by atoms with E-state index in [1.165, 1.54) is 19.2 Å². The Kier molecular flexibility index (Phi) is 12.6. The largest absolute Gasteiger partial charge is 0.488 e. The smallest absolute Gasteiger partial charge is 0.273 e. The molecule has 2 aromatic rings. The van der Waals surface area contributed by atoms with Crippen molar-refractivity contribution in [1.82, 2.24) is 15.1 Å². The van der Waals surface area contributed by atoms with Gasteiger partial charge in [0.25, 0.3) is 5.91 Å². The molecule has 2 amide bonds. The van der Waals surface area contributed by atoms with Gasteiger partial charge in [-0.1, -0.05) is 38.1 Å². The number of rotatable bonds is 17. The number of aliphatic hydroxyl groups excluding tert-OH is 1. The number of amides is 2. The van der Waals surface area contributed by atoms with Crippen molar-refractivity contribution in [3.05, 3.63) is 64.5 Å². The van der Waals surface area contributed by atoms with Crippen LogP contribution in [0.1, 0.15) is 48.9 Å². The first-order valence-electron chi connectivity index (χ1n) is 13.4. The van der Waals surface area contributed by atoms with Gasteiger partial charge in [0, 0.05) is 37.6 Å². The summed E-state index contributed by atoms with van der Waals surface area (Å²) >= 11 is 0. The van der Waals surface area contributed by atoms with Gasteiger partial charge in [-0.3, -0.25) is 9.59 Å². The normalized spacial score (nSPS) is 13.1. The van der Waals surface area contributed by atoms with E-state index in [9.17, 15) is 24.6 Å². The summed E-state index contributed by atoms with van der Waals surface area (Å²) in [5, 5.41) is 21.3. The van der Waals surface area contributed by atoms with Crippen molar-refractivity contribution in [2.24, 2.45) is 5.92 Å². The molecule has 0 aliphatic carbocycles. The molecule has 4 radical (unpaired) electrons. The lowest BCUT2D eigenvalue weighted by atomic mass is 9.56. The second kappa shape index (κ2) is 15.1. The monoisotopic (exact) mass is 565 g/mol. The first kappa shape index (κ1) is 34.0. The molecule has 0 fully saturated rings. The lowest BCUT2D eigenvalue weighted by Gasteiger charge is -2.41. The number of halogens is 1. The third-order valence-corrected chi connectivity index (χ3v) is 6.88. The molecular formula is C29H38B2FN3O6. The van der Waals surface area contributed by atoms with Crippen molar-refractivity contribution in [3.63, 3.8) is 0 Å². The lowest BCUT2D eigenvalue weighted by molar-refractivity contribution is -0.171. The highest BCUT2D eigenvalue weighted by Crippen LogP contribution is 2.30. The third-order valence-electron chi connectivity index (χ3n) is 6.88. The van der Waals surface area contributed by atoms with Crippen molar-refractivity contribution in [2.75, 3.05) is 26.7 Å². The Morgan fingerprint density at radius 1 is 1.22 bits per heavy atom. The Morgan fingerprint density at radius 3 is 2.49 bits per heavy atom. The topological polar surface area (TPSA) is 119 Å². The van der Waals surface area contributed by atoms with Gasteiger partial charge >= 0.3 is 0 Å². The van der Waals surface area contributed by atoms with E-state index < -0.39 is 22.8 Å². The molecule has 9 nitrogen and oxygen atoms in total. The summed E-state index contributed by atoms with van der Waals surface area (Å²) in [5.74, 6) is -0.913. The fourth-order valence-electron chi connectivity index (χ4n) is 4.53. The van der Waals surface area contributed by atoms with Gasteiger partial charge in [-0.25, -0.2) is 4.39 Å². The molecule has 41 heavy (non-hydrogen) atoms. The molecule has 0 spiro atoms. The standard InChI is InChI=1S/C29H38B2FN3O6/c1-20(2)16-34(12-14-37)29(30,31)23-10-9-22(25(32)15-23)18-41-26-8-5-7-21(3)24(26)17-35(19-38)28(40,11-6-13-36)27(39)33-4/h5,7-10,13,15,19-20,37,40H,6,11-12,14,16-18H2,1-4H3,(H,33,39). The Bertz CT molecular complexity index is 1200. The molecule has 12 heteroatoms. The van der Waals surface area contributed by atoms with Gasteiger partial charge in [0.15, 0.2) is 0 Å². The number of hydrogen-bond donors (Lipinski definition) is 3. The van der Waals surface area contributed by atoms with Crippen LogP contribution in [0, 0.1) is 18.7 Å². The number of aryl methyl sites for hydroxylation is 1. The molecule has 1 unspecified atom stereocenters. The molecule has 1 atom stereocenters. The van der Waals surface area contributed by atoms with E-state index in [2.05, 4.69) is 5.32 Å². The number of likely N-dealkylation sites (N-methyl/N-ethyl adjacent to an activating group) is 1. The van der Waals surface area contributed by atoms with Gasteiger partial charge in [0.05, 0.1) is 28.8 Å². The number of nitrogens with one attached hydrogen (secondary N) is 1. The molecule has 0 saturated heterocycles. The number of hydrogen-bond acceptors (Lipinski definition) is 7. The second-order valence-corrected chi connectivity index (χ2v) is 10.4. The SMILES string of the molecule is [B]C([B])(c1ccc(COc2cccc(C)c2CN(C=O)C(O)(CCC=O)C(=O)NC)c(F)c1)N(CCO)CC(C)C. The minimum absolute atomic E-state index is 0.150. The third kappa shape index (κ3) is 8.40. The molecule has 0 heterocycles. The number of aliphatic hydroxyl groups is 2. The van der Waals surface area contributed by atoms with Crippen LogP contribution in [0.3, 0.4) is 0 Å². The van der Waals surface area contributed by atoms with Crippen molar-refractivity contribution in [2.45, 2.75) is 57.8 Å². The average Bonchev–Trinajstić information content (AvgIpc) is 2.93. The predicted molar refractivity (Wildman–Crippen MR) is 155 cm³/mol. The van der Waals surface area contributed by atoms with Gasteiger partial charge in [-0.2, -0.15) is 0 Å². The summed E-state index contributed by atoms with van der Waals surface area (Å²) in [6, 6.07) is 9.48. The van der Waals surface area contributed by atoms with Gasteiger partial charge in [0.1, 0.15) is 24.5 Å². The van der Waals surface area contributed by atoms with Crippen LogP contribution in [0.15, 0.2) is 36.4 Å². The van der Waals surface area contributed by atoms with Crippen molar-refractivity contribution >= 4 is 34.3 Å². The van der Waals surface area contributed by atoms with Crippen molar-refractivity contribution < 1.29 is 33.7 Å². The molecular weight excluding hydrogens is 527 g/mol. The first-order chi connectivity index (χ1) is 19.3. The molecule has 0 aromatic heterocycles. The highest BCUT2D eigenvalue weighted by Gasteiger charge is 2.41. The first-order valence-corrected chi connectivity index (χ1v) is 13.4. The minimum Gasteiger partial charge on any atom is -0.488 e. The number of nitrogens with zero attached hydrogens (tertiary/aromatic N) is 2. The molecule has 0 saturated carbocycles. The van der Waals surface area contributed by atoms with Gasteiger partial charge in [-0.05, 0) is 48.0 Å². The summed E-state index contributed by atoms with van der Waals surface area (Å²) in [4.78, 5) is 38.0. The van der Waals surface area contributed by atoms with E-state index in [1.54, 1.807) is 36.1 Å². The molecule has 2 rings (SSSR count). The van der Waals surface area contributed by atoms with Gasteiger partial charge in [0.2, 0.25) is 12.1 Å². The lowest BCUT2D eigenvalue weighted by Crippen LogP contribution is -2.57. The van der Waals surface area contributed by atoms with E-state index in [0.29, 0.717) is 41.7 Å². The summed E-state index contributed by atoms with van der Waals surface area (Å²) in [6.07, 6.45) is 0.431. The van der Waals surface area contributed by atoms with Crippen molar-refractivity contribution in [1.29, 1.82) is 0 Å². The zero-order valence-corrected chi connectivity index (χ0v) is 24.1. The Labute approximate surface area is 243 Å². The predicted octanol–water partition coefficient (Wildman–Crippen LogP) is 1.48. The number of ether oxygens (including phenoxy) is 1. The average molecular weight is 565 g/mol. The van der Waals surface area contributed by atoms with Crippen LogP contribution < -0.4 is 10.1 Å². The molecule has 218 valence electrons. The highest BCUT2D eigenvalue weighted by atomic mass is 19.1. The van der Waals surface area contributed by atoms with Crippen molar-refractivity contribution in [3.8, 4) is 5.75 Å². The van der Waals surface area contributed by atoms with Gasteiger partial charge < -0.3 is 34.9 Å². The maximum absolute atomic E-state index is 15.2. The molecule has 0 aliphatic heterocycles. The zero-order chi connectivity index (χ0) is 30.8. The molecule has 0 aliphatic rings. The van der Waals surface area contributed by atoms with Crippen LogP contribution in [0.4, 0.5) is 4.39 Å². The maximum atomic E-state index is 15.2. The van der Waals surface area contributed by atoms with Crippen LogP contribution in [-0.4, -0.2) is 86.8 Å². The summed E-state index contributed by atoms with van der Waals surface area (Å²) in [5.41, 5.74) is -0.537. The summed E-state index contributed by atoms with van der Waals surface area (Å²) in [6.45, 7) is 5.91. The number of carbonyl (C=O) groups excluding carboxylic acids is 3. The molecule has 0 bridgehead atoms. The van der Waals surface area contributed by atoms with Gasteiger partial charge in [-0.15, -0.1) is 0 Å². The van der Waals surface area contributed by atoms with Crippen LogP contribution in [0.25, 0.3) is 0 Å². The Hall–Kier alpha value is -3.21. The minimum atomic E-state index is -2.27. The number of aldehydes is 1. The van der Waals surface area contributed by atoms with E-state index in [4.69, 9.17) is 20.4 Å². The zero-order valence-electron chi connectivity index (χ0n) is 24.1. The Balaban J connectivity index is 2.32. The summed E-state index contributed by atoms with van der Waals surface area (Å²) in [7, 11) is 14.1. The molecule has 3 N–H and O–H groups in total. The summed E-state index contributed by atoms with van der Waals surface area (Å²) < 4.78 is 21.2. The van der Waals surface area contributed by atoms with Crippen LogP contribution in [-0.2, 0) is 32.9 Å². The maximum Gasteiger partial charge on any atom is 0.273 e. The van der Waals surface area contributed by atoms with E-state index in [-0.39, 0.29) is 50.6 Å². The van der Waals surface area contributed by atoms with E-state index >= 15 is 4.39 Å². The fourth-order valence-corrected chi connectivity index (χ4v) is 4.53. The Morgan fingerprint density at radius 2 is 1.93 bits per heavy atom. The fraction of sp³-hybridized carbons (Fsp3) is 0.483. The quantitative estimate of drug-likeness (QED) is 0.151. The molecule has 2 aromatic carbocycles. The van der Waals surface area contributed by atoms with Crippen LogP contribution in [0.5, 0.6) is 5.75 Å². The second-order valence-electron chi connectivity index (χ2n) is 10.4. The van der Waals surface area contributed by atoms with Crippen LogP contribution >= 0.6 is 0 Å².